The fraction of sp³-hybridized carbons (Fsp3) is 0.158. The molecular weight excluding hydrogens is 320 g/mol. The minimum absolute atomic E-state index is 0.154. The Morgan fingerprint density at radius 2 is 1.76 bits per heavy atom. The zero-order chi connectivity index (χ0) is 17.2. The maximum absolute atomic E-state index is 12.6. The minimum Gasteiger partial charge on any atom is -0.459 e. The Bertz CT molecular complexity index is 898. The molecule has 1 aliphatic rings. The Labute approximate surface area is 144 Å². The van der Waals surface area contributed by atoms with Gasteiger partial charge in [0.15, 0.2) is 11.5 Å². The molecule has 3 heterocycles. The lowest BCUT2D eigenvalue weighted by molar-refractivity contribution is 0.0957. The number of benzene rings is 1. The summed E-state index contributed by atoms with van der Waals surface area (Å²) in [6, 6.07) is 12.2. The Balaban J connectivity index is 1.58. The lowest BCUT2D eigenvalue weighted by atomic mass is 10.0. The predicted molar refractivity (Wildman–Crippen MR) is 91.8 cm³/mol. The van der Waals surface area contributed by atoms with Gasteiger partial charge >= 0.3 is 0 Å². The second kappa shape index (κ2) is 6.32. The van der Waals surface area contributed by atoms with Gasteiger partial charge in [0.25, 0.3) is 11.8 Å². The van der Waals surface area contributed by atoms with Crippen LogP contribution >= 0.6 is 0 Å². The summed E-state index contributed by atoms with van der Waals surface area (Å²) in [6.45, 7) is 0.643. The molecular formula is C19H16N2O4. The molecule has 6 nitrogen and oxygen atoms in total. The van der Waals surface area contributed by atoms with E-state index in [-0.39, 0.29) is 17.6 Å². The number of aryl methyl sites for hydroxylation is 1. The van der Waals surface area contributed by atoms with Crippen molar-refractivity contribution < 1.29 is 18.4 Å². The third-order valence-corrected chi connectivity index (χ3v) is 4.18. The van der Waals surface area contributed by atoms with Crippen LogP contribution in [0.4, 0.5) is 11.4 Å². The second-order valence-electron chi connectivity index (χ2n) is 5.81. The van der Waals surface area contributed by atoms with Crippen LogP contribution in [0.5, 0.6) is 0 Å². The average molecular weight is 336 g/mol. The standard InChI is InChI=1S/C19H16N2O4/c22-18(16-5-2-10-24-16)20-14-7-8-15-13(12-14)4-1-9-21(15)19(23)17-6-3-11-25-17/h2-3,5-8,10-12H,1,4,9H2,(H,20,22). The van der Waals surface area contributed by atoms with Crippen LogP contribution < -0.4 is 10.2 Å². The number of hydrogen-bond acceptors (Lipinski definition) is 4. The molecule has 0 fully saturated rings. The quantitative estimate of drug-likeness (QED) is 0.791. The number of fused-ring (bicyclic) bond motifs is 1. The van der Waals surface area contributed by atoms with Crippen LogP contribution in [0.25, 0.3) is 0 Å². The van der Waals surface area contributed by atoms with Gasteiger partial charge in [-0.2, -0.15) is 0 Å². The van der Waals surface area contributed by atoms with Gasteiger partial charge in [-0.25, -0.2) is 0 Å². The van der Waals surface area contributed by atoms with Gasteiger partial charge in [-0.15, -0.1) is 0 Å². The molecule has 1 aliphatic heterocycles. The summed E-state index contributed by atoms with van der Waals surface area (Å²) in [6.07, 6.45) is 4.65. The second-order valence-corrected chi connectivity index (χ2v) is 5.81. The van der Waals surface area contributed by atoms with E-state index in [0.29, 0.717) is 18.0 Å². The fourth-order valence-electron chi connectivity index (χ4n) is 3.02. The van der Waals surface area contributed by atoms with E-state index in [9.17, 15) is 9.59 Å². The van der Waals surface area contributed by atoms with E-state index in [2.05, 4.69) is 5.32 Å². The van der Waals surface area contributed by atoms with E-state index in [1.165, 1.54) is 12.5 Å². The summed E-state index contributed by atoms with van der Waals surface area (Å²) in [5.41, 5.74) is 2.54. The summed E-state index contributed by atoms with van der Waals surface area (Å²) in [5.74, 6) is 0.123. The highest BCUT2D eigenvalue weighted by Crippen LogP contribution is 2.31. The summed E-state index contributed by atoms with van der Waals surface area (Å²) in [7, 11) is 0. The molecule has 0 unspecified atom stereocenters. The molecule has 0 spiro atoms. The number of furan rings is 2. The van der Waals surface area contributed by atoms with E-state index in [1.54, 1.807) is 35.2 Å². The average Bonchev–Trinajstić information content (AvgIpc) is 3.33. The minimum atomic E-state index is -0.302. The van der Waals surface area contributed by atoms with Crippen molar-refractivity contribution in [3.63, 3.8) is 0 Å². The number of carbonyl (C=O) groups is 2. The Kier molecular flexibility index (Phi) is 3.85. The first-order chi connectivity index (χ1) is 12.2. The monoisotopic (exact) mass is 336 g/mol. The molecule has 3 aromatic rings. The van der Waals surface area contributed by atoms with E-state index in [4.69, 9.17) is 8.83 Å². The smallest absolute Gasteiger partial charge is 0.293 e. The van der Waals surface area contributed by atoms with E-state index >= 15 is 0 Å². The van der Waals surface area contributed by atoms with Gasteiger partial charge in [-0.3, -0.25) is 9.59 Å². The topological polar surface area (TPSA) is 75.7 Å². The molecule has 25 heavy (non-hydrogen) atoms. The fourth-order valence-corrected chi connectivity index (χ4v) is 3.02. The highest BCUT2D eigenvalue weighted by atomic mass is 16.3. The summed E-state index contributed by atoms with van der Waals surface area (Å²) in [4.78, 5) is 26.4. The van der Waals surface area contributed by atoms with Crippen LogP contribution in [0, 0.1) is 0 Å². The summed E-state index contributed by atoms with van der Waals surface area (Å²) < 4.78 is 10.3. The first-order valence-corrected chi connectivity index (χ1v) is 8.05. The first kappa shape index (κ1) is 15.3. The number of anilines is 2. The Morgan fingerprint density at radius 3 is 2.48 bits per heavy atom. The van der Waals surface area contributed by atoms with Gasteiger partial charge in [0.2, 0.25) is 0 Å². The van der Waals surface area contributed by atoms with Gasteiger partial charge in [0.05, 0.1) is 12.5 Å². The largest absolute Gasteiger partial charge is 0.459 e. The third kappa shape index (κ3) is 2.94. The molecule has 0 aliphatic carbocycles. The zero-order valence-electron chi connectivity index (χ0n) is 13.4. The number of nitrogens with one attached hydrogen (secondary N) is 1. The zero-order valence-corrected chi connectivity index (χ0v) is 13.4. The van der Waals surface area contributed by atoms with Gasteiger partial charge in [-0.1, -0.05) is 0 Å². The van der Waals surface area contributed by atoms with Crippen molar-refractivity contribution in [2.45, 2.75) is 12.8 Å². The highest BCUT2D eigenvalue weighted by Gasteiger charge is 2.25. The molecule has 2 aromatic heterocycles. The number of carbonyl (C=O) groups excluding carboxylic acids is 2. The van der Waals surface area contributed by atoms with Gasteiger partial charge in [0.1, 0.15) is 0 Å². The van der Waals surface area contributed by atoms with Crippen LogP contribution in [-0.2, 0) is 6.42 Å². The lowest BCUT2D eigenvalue weighted by Gasteiger charge is -2.29. The van der Waals surface area contributed by atoms with E-state index in [0.717, 1.165) is 24.1 Å². The van der Waals surface area contributed by atoms with E-state index in [1.807, 2.05) is 12.1 Å². The Morgan fingerprint density at radius 1 is 1.00 bits per heavy atom. The summed E-state index contributed by atoms with van der Waals surface area (Å²) in [5, 5.41) is 2.81. The normalized spacial score (nSPS) is 13.4. The van der Waals surface area contributed by atoms with Crippen molar-refractivity contribution in [2.75, 3.05) is 16.8 Å². The van der Waals surface area contributed by atoms with Crippen LogP contribution in [-0.4, -0.2) is 18.4 Å². The third-order valence-electron chi connectivity index (χ3n) is 4.18. The van der Waals surface area contributed by atoms with Crippen LogP contribution in [0.1, 0.15) is 33.1 Å². The number of hydrogen-bond donors (Lipinski definition) is 1. The SMILES string of the molecule is O=C(Nc1ccc2c(c1)CCCN2C(=O)c1ccco1)c1ccco1. The number of nitrogens with zero attached hydrogens (tertiary/aromatic N) is 1. The van der Waals surface area contributed by atoms with Crippen molar-refractivity contribution in [1.82, 2.24) is 0 Å². The molecule has 4 rings (SSSR count). The van der Waals surface area contributed by atoms with Crippen LogP contribution in [0.2, 0.25) is 0 Å². The molecule has 2 amide bonds. The Hall–Kier alpha value is -3.28. The highest BCUT2D eigenvalue weighted by molar-refractivity contribution is 6.05. The van der Waals surface area contributed by atoms with Crippen LogP contribution in [0.15, 0.2) is 63.8 Å². The van der Waals surface area contributed by atoms with Crippen molar-refractivity contribution in [1.29, 1.82) is 0 Å². The first-order valence-electron chi connectivity index (χ1n) is 8.05. The van der Waals surface area contributed by atoms with Gasteiger partial charge in [-0.05, 0) is 60.9 Å². The van der Waals surface area contributed by atoms with Crippen molar-refractivity contribution in [2.24, 2.45) is 0 Å². The lowest BCUT2D eigenvalue weighted by Crippen LogP contribution is -2.35. The number of rotatable bonds is 3. The predicted octanol–water partition coefficient (Wildman–Crippen LogP) is 3.72. The van der Waals surface area contributed by atoms with E-state index < -0.39 is 0 Å². The molecule has 0 saturated heterocycles. The van der Waals surface area contributed by atoms with Crippen LogP contribution in [0.3, 0.4) is 0 Å². The molecule has 0 bridgehead atoms. The molecule has 126 valence electrons. The maximum Gasteiger partial charge on any atom is 0.293 e. The molecule has 0 radical (unpaired) electrons. The van der Waals surface area contributed by atoms with Crippen molar-refractivity contribution in [3.8, 4) is 0 Å². The molecule has 0 saturated carbocycles. The van der Waals surface area contributed by atoms with Gasteiger partial charge in [0, 0.05) is 17.9 Å². The van der Waals surface area contributed by atoms with Crippen molar-refractivity contribution in [3.05, 3.63) is 72.1 Å². The molecule has 6 heteroatoms. The maximum atomic E-state index is 12.6. The molecule has 0 atom stereocenters. The molecule has 1 N–H and O–H groups in total. The van der Waals surface area contributed by atoms with Gasteiger partial charge < -0.3 is 19.1 Å². The van der Waals surface area contributed by atoms with Crippen molar-refractivity contribution >= 4 is 23.2 Å². The summed E-state index contributed by atoms with van der Waals surface area (Å²) >= 11 is 0. The molecule has 1 aromatic carbocycles. The number of amides is 2.